The lowest BCUT2D eigenvalue weighted by Gasteiger charge is -2.27. The van der Waals surface area contributed by atoms with Crippen LogP contribution in [0.1, 0.15) is 62.5 Å². The number of carbonyl (C=O) groups excluding carboxylic acids is 2. The number of alkyl carbamates (subject to hydrolysis) is 1. The van der Waals surface area contributed by atoms with Gasteiger partial charge >= 0.3 is 12.1 Å². The molecule has 7 nitrogen and oxygen atoms in total. The van der Waals surface area contributed by atoms with E-state index in [-0.39, 0.29) is 30.3 Å². The lowest BCUT2D eigenvalue weighted by Crippen LogP contribution is -2.48. The van der Waals surface area contributed by atoms with Crippen LogP contribution in [0.2, 0.25) is 0 Å². The first-order valence-corrected chi connectivity index (χ1v) is 12.6. The van der Waals surface area contributed by atoms with Crippen molar-refractivity contribution in [2.45, 2.75) is 57.4 Å². The van der Waals surface area contributed by atoms with E-state index >= 15 is 0 Å². The summed E-state index contributed by atoms with van der Waals surface area (Å²) in [5.41, 5.74) is 4.59. The normalized spacial score (nSPS) is 19.8. The van der Waals surface area contributed by atoms with Gasteiger partial charge in [0.1, 0.15) is 12.6 Å². The highest BCUT2D eigenvalue weighted by molar-refractivity contribution is 5.85. The van der Waals surface area contributed by atoms with Crippen LogP contribution >= 0.6 is 0 Å². The highest BCUT2D eigenvalue weighted by Gasteiger charge is 2.30. The maximum absolute atomic E-state index is 12.8. The Kier molecular flexibility index (Phi) is 8.06. The number of rotatable bonds is 9. The molecule has 2 aromatic carbocycles. The van der Waals surface area contributed by atoms with Crippen molar-refractivity contribution in [3.63, 3.8) is 0 Å². The van der Waals surface area contributed by atoms with Crippen molar-refractivity contribution < 1.29 is 24.2 Å². The van der Waals surface area contributed by atoms with Gasteiger partial charge in [-0.25, -0.2) is 4.79 Å². The number of hydrogen-bond donors (Lipinski definition) is 3. The second kappa shape index (κ2) is 11.4. The summed E-state index contributed by atoms with van der Waals surface area (Å²) in [6.07, 6.45) is 3.65. The Morgan fingerprint density at radius 1 is 1.03 bits per heavy atom. The zero-order valence-electron chi connectivity index (χ0n) is 20.2. The minimum atomic E-state index is -0.762. The molecular weight excluding hydrogens is 444 g/mol. The number of nitrogens with one attached hydrogen (secondary N) is 2. The van der Waals surface area contributed by atoms with Gasteiger partial charge in [0.05, 0.1) is 5.92 Å². The van der Waals surface area contributed by atoms with Crippen LogP contribution in [0.5, 0.6) is 0 Å². The van der Waals surface area contributed by atoms with Gasteiger partial charge in [0, 0.05) is 12.5 Å². The average molecular weight is 479 g/mol. The van der Waals surface area contributed by atoms with E-state index in [0.717, 1.165) is 41.5 Å². The second-order valence-corrected chi connectivity index (χ2v) is 9.62. The van der Waals surface area contributed by atoms with Crippen LogP contribution in [0, 0.1) is 11.8 Å². The van der Waals surface area contributed by atoms with E-state index in [9.17, 15) is 19.5 Å². The van der Waals surface area contributed by atoms with E-state index in [4.69, 9.17) is 4.74 Å². The molecule has 7 heteroatoms. The third-order valence-corrected chi connectivity index (χ3v) is 7.23. The fraction of sp³-hybridized carbons (Fsp3) is 0.464. The van der Waals surface area contributed by atoms with Crippen LogP contribution in [0.4, 0.5) is 4.79 Å². The molecule has 2 aliphatic carbocycles. The molecule has 3 N–H and O–H groups in total. The predicted molar refractivity (Wildman–Crippen MR) is 133 cm³/mol. The van der Waals surface area contributed by atoms with Gasteiger partial charge in [-0.15, -0.1) is 0 Å². The lowest BCUT2D eigenvalue weighted by molar-refractivity contribution is -0.143. The molecular formula is C28H34N2O5. The Morgan fingerprint density at radius 2 is 1.69 bits per heavy atom. The van der Waals surface area contributed by atoms with Crippen LogP contribution < -0.4 is 10.6 Å². The minimum Gasteiger partial charge on any atom is -0.481 e. The van der Waals surface area contributed by atoms with Crippen molar-refractivity contribution >= 4 is 18.0 Å². The number of carboxylic acids is 1. The van der Waals surface area contributed by atoms with Gasteiger partial charge in [-0.05, 0) is 53.9 Å². The zero-order chi connectivity index (χ0) is 24.8. The molecule has 0 bridgehead atoms. The Bertz CT molecular complexity index is 1020. The monoisotopic (exact) mass is 478 g/mol. The van der Waals surface area contributed by atoms with Gasteiger partial charge in [-0.2, -0.15) is 0 Å². The molecule has 0 radical (unpaired) electrons. The van der Waals surface area contributed by atoms with E-state index in [1.807, 2.05) is 31.2 Å². The Balaban J connectivity index is 1.31. The van der Waals surface area contributed by atoms with Gasteiger partial charge < -0.3 is 20.5 Å². The molecule has 2 unspecified atom stereocenters. The first kappa shape index (κ1) is 24.8. The van der Waals surface area contributed by atoms with Gasteiger partial charge in [0.2, 0.25) is 5.91 Å². The summed E-state index contributed by atoms with van der Waals surface area (Å²) in [6, 6.07) is 15.6. The minimum absolute atomic E-state index is 0.0416. The maximum atomic E-state index is 12.8. The maximum Gasteiger partial charge on any atom is 0.407 e. The van der Waals surface area contributed by atoms with Gasteiger partial charge in [0.15, 0.2) is 0 Å². The zero-order valence-corrected chi connectivity index (χ0v) is 20.2. The summed E-state index contributed by atoms with van der Waals surface area (Å²) in [5.74, 6) is -1.25. The van der Waals surface area contributed by atoms with Crippen LogP contribution in [0.15, 0.2) is 48.5 Å². The first-order chi connectivity index (χ1) is 17.0. The van der Waals surface area contributed by atoms with Crippen molar-refractivity contribution in [3.05, 3.63) is 59.7 Å². The number of carbonyl (C=O) groups is 3. The van der Waals surface area contributed by atoms with Crippen LogP contribution in [0.3, 0.4) is 0 Å². The molecule has 0 aromatic heterocycles. The Labute approximate surface area is 206 Å². The number of amides is 2. The van der Waals surface area contributed by atoms with Crippen molar-refractivity contribution in [1.82, 2.24) is 10.6 Å². The molecule has 2 aliphatic rings. The molecule has 35 heavy (non-hydrogen) atoms. The van der Waals surface area contributed by atoms with Crippen LogP contribution in [0.25, 0.3) is 11.1 Å². The third-order valence-electron chi connectivity index (χ3n) is 7.23. The fourth-order valence-electron chi connectivity index (χ4n) is 5.41. The highest BCUT2D eigenvalue weighted by atomic mass is 16.5. The molecule has 3 atom stereocenters. The molecule has 0 saturated heterocycles. The molecule has 0 aliphatic heterocycles. The highest BCUT2D eigenvalue weighted by Crippen LogP contribution is 2.44. The van der Waals surface area contributed by atoms with Gasteiger partial charge in [-0.1, -0.05) is 68.3 Å². The van der Waals surface area contributed by atoms with Crippen molar-refractivity contribution in [3.8, 4) is 11.1 Å². The molecule has 2 aromatic rings. The second-order valence-electron chi connectivity index (χ2n) is 9.62. The summed E-state index contributed by atoms with van der Waals surface area (Å²) in [7, 11) is 0. The largest absolute Gasteiger partial charge is 0.481 e. The molecule has 0 spiro atoms. The third kappa shape index (κ3) is 5.84. The smallest absolute Gasteiger partial charge is 0.407 e. The number of aliphatic carboxylic acids is 1. The average Bonchev–Trinajstić information content (AvgIpc) is 3.19. The molecule has 1 fully saturated rings. The van der Waals surface area contributed by atoms with Gasteiger partial charge in [-0.3, -0.25) is 9.59 Å². The molecule has 186 valence electrons. The standard InChI is InChI=1S/C28H34N2O5/c1-2-8-25(26(31)29-16-18-9-7-10-19(15-18)27(32)33)30-28(34)35-17-24-22-13-5-3-11-20(22)21-12-4-6-14-23(21)24/h3-6,11-14,18-19,24-25H,2,7-10,15-17H2,1H3,(H,29,31)(H,30,34)(H,32,33)/t18?,19?,25-/m1/s1. The van der Waals surface area contributed by atoms with E-state index < -0.39 is 18.1 Å². The van der Waals surface area contributed by atoms with E-state index in [1.165, 1.54) is 0 Å². The summed E-state index contributed by atoms with van der Waals surface area (Å²) in [4.78, 5) is 36.8. The SMILES string of the molecule is CCC[C@@H](NC(=O)OCC1c2ccccc2-c2ccccc21)C(=O)NCC1CCCC(C(=O)O)C1. The van der Waals surface area contributed by atoms with Crippen molar-refractivity contribution in [2.75, 3.05) is 13.2 Å². The number of hydrogen-bond acceptors (Lipinski definition) is 4. The number of carboxylic acid groups (broad SMARTS) is 1. The molecule has 0 heterocycles. The molecule has 2 amide bonds. The summed E-state index contributed by atoms with van der Waals surface area (Å²) < 4.78 is 5.61. The topological polar surface area (TPSA) is 105 Å². The quantitative estimate of drug-likeness (QED) is 0.485. The van der Waals surface area contributed by atoms with E-state index in [0.29, 0.717) is 25.8 Å². The number of benzene rings is 2. The number of ether oxygens (including phenoxy) is 1. The Morgan fingerprint density at radius 3 is 2.31 bits per heavy atom. The van der Waals surface area contributed by atoms with Crippen molar-refractivity contribution in [2.24, 2.45) is 11.8 Å². The summed E-state index contributed by atoms with van der Waals surface area (Å²) >= 11 is 0. The predicted octanol–water partition coefficient (Wildman–Crippen LogP) is 4.70. The molecule has 4 rings (SSSR count). The Hall–Kier alpha value is -3.35. The van der Waals surface area contributed by atoms with Gasteiger partial charge in [0.25, 0.3) is 0 Å². The lowest BCUT2D eigenvalue weighted by atomic mass is 9.81. The van der Waals surface area contributed by atoms with E-state index in [2.05, 4.69) is 34.9 Å². The number of fused-ring (bicyclic) bond motifs is 3. The van der Waals surface area contributed by atoms with Crippen LogP contribution in [-0.4, -0.2) is 42.3 Å². The summed E-state index contributed by atoms with van der Waals surface area (Å²) in [6.45, 7) is 2.58. The van der Waals surface area contributed by atoms with E-state index in [1.54, 1.807) is 0 Å². The fourth-order valence-corrected chi connectivity index (χ4v) is 5.41. The van der Waals surface area contributed by atoms with Crippen LogP contribution in [-0.2, 0) is 14.3 Å². The summed E-state index contributed by atoms with van der Waals surface area (Å²) in [5, 5.41) is 14.9. The molecule has 1 saturated carbocycles. The first-order valence-electron chi connectivity index (χ1n) is 12.6. The van der Waals surface area contributed by atoms with Crippen molar-refractivity contribution in [1.29, 1.82) is 0 Å².